The Morgan fingerprint density at radius 1 is 0.900 bits per heavy atom. The molecule has 0 saturated heterocycles. The lowest BCUT2D eigenvalue weighted by molar-refractivity contribution is -0.116. The van der Waals surface area contributed by atoms with Gasteiger partial charge in [0.05, 0.1) is 18.7 Å². The van der Waals surface area contributed by atoms with Crippen LogP contribution in [0.3, 0.4) is 0 Å². The Balaban J connectivity index is 1.31. The van der Waals surface area contributed by atoms with E-state index in [0.29, 0.717) is 11.7 Å². The molecule has 0 spiro atoms. The number of benzene rings is 3. The number of thiazole rings is 1. The van der Waals surface area contributed by atoms with Crippen LogP contribution in [-0.4, -0.2) is 17.5 Å². The van der Waals surface area contributed by atoms with Gasteiger partial charge in [0.1, 0.15) is 5.75 Å². The van der Waals surface area contributed by atoms with Crippen LogP contribution in [0.15, 0.2) is 84.2 Å². The zero-order valence-electron chi connectivity index (χ0n) is 16.7. The molecule has 150 valence electrons. The summed E-state index contributed by atoms with van der Waals surface area (Å²) >= 11 is 1.42. The van der Waals surface area contributed by atoms with Crippen LogP contribution in [0.2, 0.25) is 0 Å². The van der Waals surface area contributed by atoms with E-state index in [4.69, 9.17) is 4.74 Å². The average molecular weight is 415 g/mol. The van der Waals surface area contributed by atoms with Crippen LogP contribution in [0.5, 0.6) is 5.75 Å². The summed E-state index contributed by atoms with van der Waals surface area (Å²) in [4.78, 5) is 16.7. The van der Waals surface area contributed by atoms with Gasteiger partial charge in [-0.3, -0.25) is 4.79 Å². The second-order valence-corrected chi connectivity index (χ2v) is 7.80. The highest BCUT2D eigenvalue weighted by molar-refractivity contribution is 7.14. The Kier molecular flexibility index (Phi) is 6.20. The lowest BCUT2D eigenvalue weighted by atomic mass is 10.0. The summed E-state index contributed by atoms with van der Waals surface area (Å²) < 4.78 is 5.61. The highest BCUT2D eigenvalue weighted by Crippen LogP contribution is 2.27. The molecule has 0 saturated carbocycles. The molecule has 0 aliphatic carbocycles. The van der Waals surface area contributed by atoms with Crippen molar-refractivity contribution < 1.29 is 9.53 Å². The van der Waals surface area contributed by atoms with E-state index in [1.165, 1.54) is 22.5 Å². The molecule has 0 aliphatic rings. The molecule has 5 heteroatoms. The molecule has 1 amide bonds. The number of carbonyl (C=O) groups is 1. The second-order valence-electron chi connectivity index (χ2n) is 6.94. The largest absolute Gasteiger partial charge is 0.493 e. The Morgan fingerprint density at radius 2 is 1.57 bits per heavy atom. The molecular formula is C25H22N2O2S. The molecule has 4 aromatic rings. The van der Waals surface area contributed by atoms with Crippen LogP contribution in [-0.2, 0) is 4.79 Å². The second kappa shape index (κ2) is 9.37. The van der Waals surface area contributed by atoms with Crippen molar-refractivity contribution in [2.24, 2.45) is 0 Å². The Morgan fingerprint density at radius 3 is 2.30 bits per heavy atom. The lowest BCUT2D eigenvalue weighted by Gasteiger charge is -2.06. The van der Waals surface area contributed by atoms with Gasteiger partial charge in [-0.05, 0) is 30.2 Å². The average Bonchev–Trinajstić information content (AvgIpc) is 3.24. The summed E-state index contributed by atoms with van der Waals surface area (Å²) in [5.41, 5.74) is 5.40. The normalized spacial score (nSPS) is 10.6. The Bertz CT molecular complexity index is 1100. The minimum Gasteiger partial charge on any atom is -0.493 e. The summed E-state index contributed by atoms with van der Waals surface area (Å²) in [5, 5.41) is 5.40. The molecule has 0 bridgehead atoms. The van der Waals surface area contributed by atoms with Crippen molar-refractivity contribution in [3.05, 3.63) is 89.8 Å². The molecule has 3 aromatic carbocycles. The molecule has 0 atom stereocenters. The standard InChI is InChI=1S/C25H22N2O2S/c1-18-7-13-22(14-8-18)29-16-15-24(28)27-25-26-23(17-30-25)21-11-9-20(10-12-21)19-5-3-2-4-6-19/h2-14,17H,15-16H2,1H3,(H,26,27,28). The summed E-state index contributed by atoms with van der Waals surface area (Å²) in [6, 6.07) is 26.3. The van der Waals surface area contributed by atoms with E-state index in [1.54, 1.807) is 0 Å². The number of carbonyl (C=O) groups excluding carboxylic acids is 1. The summed E-state index contributed by atoms with van der Waals surface area (Å²) in [6.45, 7) is 2.35. The third kappa shape index (κ3) is 5.13. The number of aromatic nitrogens is 1. The minimum atomic E-state index is -0.109. The van der Waals surface area contributed by atoms with Crippen molar-refractivity contribution in [3.8, 4) is 28.1 Å². The first kappa shape index (κ1) is 19.9. The molecule has 0 radical (unpaired) electrons. The zero-order valence-corrected chi connectivity index (χ0v) is 17.5. The van der Waals surface area contributed by atoms with Crippen molar-refractivity contribution in [1.82, 2.24) is 4.98 Å². The molecule has 0 unspecified atom stereocenters. The number of aryl methyl sites for hydroxylation is 1. The van der Waals surface area contributed by atoms with Crippen LogP contribution >= 0.6 is 11.3 Å². The van der Waals surface area contributed by atoms with Crippen molar-refractivity contribution in [2.75, 3.05) is 11.9 Å². The van der Waals surface area contributed by atoms with Gasteiger partial charge >= 0.3 is 0 Å². The summed E-state index contributed by atoms with van der Waals surface area (Å²) in [5.74, 6) is 0.659. The molecular weight excluding hydrogens is 392 g/mol. The number of ether oxygens (including phenoxy) is 1. The fraction of sp³-hybridized carbons (Fsp3) is 0.120. The van der Waals surface area contributed by atoms with Gasteiger partial charge in [0, 0.05) is 10.9 Å². The molecule has 30 heavy (non-hydrogen) atoms. The van der Waals surface area contributed by atoms with E-state index < -0.39 is 0 Å². The quantitative estimate of drug-likeness (QED) is 0.392. The highest BCUT2D eigenvalue weighted by atomic mass is 32.1. The van der Waals surface area contributed by atoms with Gasteiger partial charge in [-0.1, -0.05) is 72.3 Å². The molecule has 4 nitrogen and oxygen atoms in total. The molecule has 1 aromatic heterocycles. The van der Waals surface area contributed by atoms with Gasteiger partial charge in [-0.25, -0.2) is 4.98 Å². The maximum absolute atomic E-state index is 12.2. The van der Waals surface area contributed by atoms with Crippen molar-refractivity contribution >= 4 is 22.4 Å². The lowest BCUT2D eigenvalue weighted by Crippen LogP contribution is -2.15. The van der Waals surface area contributed by atoms with Crippen molar-refractivity contribution in [3.63, 3.8) is 0 Å². The SMILES string of the molecule is Cc1ccc(OCCC(=O)Nc2nc(-c3ccc(-c4ccccc4)cc3)cs2)cc1. The molecule has 0 aliphatic heterocycles. The smallest absolute Gasteiger partial charge is 0.229 e. The van der Waals surface area contributed by atoms with Crippen LogP contribution in [0.4, 0.5) is 5.13 Å². The highest BCUT2D eigenvalue weighted by Gasteiger charge is 2.09. The van der Waals surface area contributed by atoms with Gasteiger partial charge in [0.15, 0.2) is 5.13 Å². The van der Waals surface area contributed by atoms with Crippen molar-refractivity contribution in [1.29, 1.82) is 0 Å². The van der Waals surface area contributed by atoms with Gasteiger partial charge in [0.25, 0.3) is 0 Å². The van der Waals surface area contributed by atoms with Gasteiger partial charge in [0.2, 0.25) is 5.91 Å². The fourth-order valence-corrected chi connectivity index (χ4v) is 3.74. The molecule has 1 N–H and O–H groups in total. The minimum absolute atomic E-state index is 0.109. The van der Waals surface area contributed by atoms with Crippen LogP contribution in [0.25, 0.3) is 22.4 Å². The first-order chi connectivity index (χ1) is 14.7. The van der Waals surface area contributed by atoms with E-state index in [-0.39, 0.29) is 12.3 Å². The van der Waals surface area contributed by atoms with Crippen LogP contribution < -0.4 is 10.1 Å². The fourth-order valence-electron chi connectivity index (χ4n) is 3.01. The van der Waals surface area contributed by atoms with E-state index in [9.17, 15) is 4.79 Å². The molecule has 1 heterocycles. The Hall–Kier alpha value is -3.44. The van der Waals surface area contributed by atoms with E-state index in [1.807, 2.05) is 54.8 Å². The Labute approximate surface area is 180 Å². The number of hydrogen-bond acceptors (Lipinski definition) is 4. The number of amides is 1. The van der Waals surface area contributed by atoms with E-state index >= 15 is 0 Å². The zero-order chi connectivity index (χ0) is 20.8. The third-order valence-electron chi connectivity index (χ3n) is 4.66. The van der Waals surface area contributed by atoms with Gasteiger partial charge < -0.3 is 10.1 Å². The predicted molar refractivity (Wildman–Crippen MR) is 123 cm³/mol. The first-order valence-electron chi connectivity index (χ1n) is 9.78. The summed E-state index contributed by atoms with van der Waals surface area (Å²) in [7, 11) is 0. The molecule has 0 fully saturated rings. The first-order valence-corrected chi connectivity index (χ1v) is 10.7. The predicted octanol–water partition coefficient (Wildman–Crippen LogP) is 6.19. The number of rotatable bonds is 7. The maximum Gasteiger partial charge on any atom is 0.229 e. The monoisotopic (exact) mass is 414 g/mol. The molecule has 4 rings (SSSR count). The van der Waals surface area contributed by atoms with E-state index in [0.717, 1.165) is 22.6 Å². The van der Waals surface area contributed by atoms with Gasteiger partial charge in [-0.15, -0.1) is 11.3 Å². The van der Waals surface area contributed by atoms with E-state index in [2.05, 4.69) is 46.7 Å². The van der Waals surface area contributed by atoms with Crippen LogP contribution in [0.1, 0.15) is 12.0 Å². The van der Waals surface area contributed by atoms with Crippen LogP contribution in [0, 0.1) is 6.92 Å². The third-order valence-corrected chi connectivity index (χ3v) is 5.41. The number of anilines is 1. The summed E-state index contributed by atoms with van der Waals surface area (Å²) in [6.07, 6.45) is 0.272. The maximum atomic E-state index is 12.2. The number of nitrogens with one attached hydrogen (secondary N) is 1. The van der Waals surface area contributed by atoms with Crippen molar-refractivity contribution in [2.45, 2.75) is 13.3 Å². The topological polar surface area (TPSA) is 51.2 Å². The van der Waals surface area contributed by atoms with Gasteiger partial charge in [-0.2, -0.15) is 0 Å². The number of hydrogen-bond donors (Lipinski definition) is 1. The number of nitrogens with zero attached hydrogens (tertiary/aromatic N) is 1.